The van der Waals surface area contributed by atoms with Gasteiger partial charge >= 0.3 is 0 Å². The Labute approximate surface area is 50.1 Å². The van der Waals surface area contributed by atoms with Crippen LogP contribution in [0, 0.1) is 0 Å². The topological polar surface area (TPSA) is 24.4 Å². The summed E-state index contributed by atoms with van der Waals surface area (Å²) in [6.45, 7) is 0. The summed E-state index contributed by atoms with van der Waals surface area (Å²) in [4.78, 5) is 3.97. The van der Waals surface area contributed by atoms with Crippen LogP contribution in [-0.2, 0) is 0 Å². The zero-order chi connectivity index (χ0) is 6.04. The first-order chi connectivity index (χ1) is 3.71. The summed E-state index contributed by atoms with van der Waals surface area (Å²) in [6, 6.07) is 0. The molecule has 1 aliphatic rings. The highest BCUT2D eigenvalue weighted by atomic mass is 32.2. The molecule has 0 unspecified atom stereocenters. The van der Waals surface area contributed by atoms with Crippen LogP contribution in [0.25, 0.3) is 0 Å². The Morgan fingerprint density at radius 3 is 2.50 bits per heavy atom. The predicted molar refractivity (Wildman–Crippen MR) is 43.2 cm³/mol. The molecule has 0 saturated carbocycles. The standard InChI is InChI=1S/C5H10N2S/c1-8(2)4-6-3-7-5-8/h3-5H,1-2H3,(H,6,7). The molecule has 0 aromatic rings. The zero-order valence-electron chi connectivity index (χ0n) is 5.09. The summed E-state index contributed by atoms with van der Waals surface area (Å²) < 4.78 is 0. The number of hydrogen-bond donors (Lipinski definition) is 1. The van der Waals surface area contributed by atoms with Gasteiger partial charge in [0.05, 0.1) is 6.34 Å². The lowest BCUT2D eigenvalue weighted by Gasteiger charge is -2.05. The van der Waals surface area contributed by atoms with E-state index in [1.807, 2.05) is 5.49 Å². The quantitative estimate of drug-likeness (QED) is 0.465. The number of nitrogens with zero attached hydrogens (tertiary/aromatic N) is 1. The third-order valence-corrected chi connectivity index (χ3v) is 2.26. The number of nitrogens with one attached hydrogen (secondary N) is 1. The van der Waals surface area contributed by atoms with E-state index in [2.05, 4.69) is 28.3 Å². The molecule has 0 aromatic heterocycles. The Morgan fingerprint density at radius 2 is 2.25 bits per heavy atom. The van der Waals surface area contributed by atoms with Crippen LogP contribution in [-0.4, -0.2) is 29.8 Å². The maximum absolute atomic E-state index is 3.97. The fourth-order valence-corrected chi connectivity index (χ4v) is 1.31. The second-order valence-electron chi connectivity index (χ2n) is 2.16. The van der Waals surface area contributed by atoms with Crippen molar-refractivity contribution in [3.63, 3.8) is 0 Å². The average molecular weight is 130 g/mol. The van der Waals surface area contributed by atoms with Gasteiger partial charge in [-0.1, -0.05) is 0 Å². The third-order valence-electron chi connectivity index (χ3n) is 0.853. The van der Waals surface area contributed by atoms with Crippen molar-refractivity contribution in [3.05, 3.63) is 0 Å². The molecule has 1 heterocycles. The lowest BCUT2D eigenvalue weighted by atomic mass is 11.1. The molecule has 3 heteroatoms. The maximum atomic E-state index is 3.97. The molecule has 1 aliphatic heterocycles. The smallest absolute Gasteiger partial charge is 0.0927 e. The molecule has 0 saturated heterocycles. The molecule has 0 fully saturated rings. The SMILES string of the molecule is CS1(C)=CN=CNC=1. The van der Waals surface area contributed by atoms with Gasteiger partial charge in [-0.2, -0.15) is 9.21 Å². The minimum absolute atomic E-state index is 0.642. The normalized spacial score (nSPS) is 22.8. The van der Waals surface area contributed by atoms with Crippen molar-refractivity contribution in [1.29, 1.82) is 0 Å². The lowest BCUT2D eigenvalue weighted by molar-refractivity contribution is 1.50. The maximum Gasteiger partial charge on any atom is 0.0927 e. The van der Waals surface area contributed by atoms with E-state index in [1.165, 1.54) is 0 Å². The van der Waals surface area contributed by atoms with Gasteiger partial charge in [0.2, 0.25) is 0 Å². The van der Waals surface area contributed by atoms with E-state index in [9.17, 15) is 0 Å². The summed E-state index contributed by atoms with van der Waals surface area (Å²) in [6.07, 6.45) is 6.05. The van der Waals surface area contributed by atoms with Gasteiger partial charge < -0.3 is 5.32 Å². The molecular weight excluding hydrogens is 120 g/mol. The molecule has 46 valence electrons. The van der Waals surface area contributed by atoms with Crippen molar-refractivity contribution in [2.45, 2.75) is 0 Å². The number of rotatable bonds is 0. The summed E-state index contributed by atoms with van der Waals surface area (Å²) in [5.74, 6) is 0. The van der Waals surface area contributed by atoms with Gasteiger partial charge in [-0.25, -0.2) is 4.99 Å². The first-order valence-corrected chi connectivity index (χ1v) is 4.96. The predicted octanol–water partition coefficient (Wildman–Crippen LogP) is 0.202. The van der Waals surface area contributed by atoms with Crippen LogP contribution in [0.4, 0.5) is 0 Å². The van der Waals surface area contributed by atoms with Gasteiger partial charge in [-0.15, -0.1) is 0 Å². The Bertz CT molecular complexity index is 211. The molecule has 0 radical (unpaired) electrons. The largest absolute Gasteiger partial charge is 0.348 e. The van der Waals surface area contributed by atoms with E-state index in [0.29, 0.717) is 0 Å². The van der Waals surface area contributed by atoms with Crippen LogP contribution in [0.1, 0.15) is 0 Å². The van der Waals surface area contributed by atoms with E-state index in [4.69, 9.17) is 0 Å². The first kappa shape index (κ1) is 5.69. The van der Waals surface area contributed by atoms with Crippen molar-refractivity contribution in [2.24, 2.45) is 4.99 Å². The van der Waals surface area contributed by atoms with Crippen LogP contribution < -0.4 is 5.32 Å². The van der Waals surface area contributed by atoms with Crippen LogP contribution in [0.3, 0.4) is 0 Å². The van der Waals surface area contributed by atoms with Gasteiger partial charge in [0.25, 0.3) is 0 Å². The zero-order valence-corrected chi connectivity index (χ0v) is 5.90. The Hall–Kier alpha value is -0.440. The van der Waals surface area contributed by atoms with E-state index in [0.717, 1.165) is 0 Å². The molecule has 0 spiro atoms. The summed E-state index contributed by atoms with van der Waals surface area (Å²) in [7, 11) is -0.642. The van der Waals surface area contributed by atoms with Crippen molar-refractivity contribution in [1.82, 2.24) is 5.32 Å². The Morgan fingerprint density at radius 1 is 1.50 bits per heavy atom. The second-order valence-corrected chi connectivity index (χ2v) is 5.58. The monoisotopic (exact) mass is 130 g/mol. The van der Waals surface area contributed by atoms with Crippen molar-refractivity contribution in [2.75, 3.05) is 12.5 Å². The fourth-order valence-electron chi connectivity index (χ4n) is 0.467. The minimum atomic E-state index is -0.642. The van der Waals surface area contributed by atoms with Crippen molar-refractivity contribution >= 4 is 26.5 Å². The molecule has 0 aliphatic carbocycles. The van der Waals surface area contributed by atoms with Gasteiger partial charge in [0.1, 0.15) is 0 Å². The van der Waals surface area contributed by atoms with Gasteiger partial charge in [-0.05, 0) is 12.5 Å². The second kappa shape index (κ2) is 1.82. The summed E-state index contributed by atoms with van der Waals surface area (Å²) in [5.41, 5.74) is 4.07. The minimum Gasteiger partial charge on any atom is -0.348 e. The average Bonchev–Trinajstić information content (AvgIpc) is 1.65. The van der Waals surface area contributed by atoms with Crippen molar-refractivity contribution in [3.8, 4) is 0 Å². The van der Waals surface area contributed by atoms with Gasteiger partial charge in [0, 0.05) is 11.0 Å². The van der Waals surface area contributed by atoms with Crippen LogP contribution >= 0.6 is 9.21 Å². The lowest BCUT2D eigenvalue weighted by Crippen LogP contribution is -2.12. The van der Waals surface area contributed by atoms with E-state index in [1.54, 1.807) is 6.34 Å². The highest BCUT2D eigenvalue weighted by Crippen LogP contribution is 2.09. The molecule has 2 nitrogen and oxygen atoms in total. The third kappa shape index (κ3) is 1.26. The number of hydrogen-bond acceptors (Lipinski definition) is 2. The van der Waals surface area contributed by atoms with E-state index < -0.39 is 9.21 Å². The molecule has 0 bridgehead atoms. The molecule has 0 amide bonds. The highest BCUT2D eigenvalue weighted by Gasteiger charge is 1.85. The highest BCUT2D eigenvalue weighted by molar-refractivity contribution is 8.28. The number of aliphatic imine (C=N–C) groups is 1. The molecule has 8 heavy (non-hydrogen) atoms. The van der Waals surface area contributed by atoms with E-state index in [-0.39, 0.29) is 0 Å². The van der Waals surface area contributed by atoms with Crippen LogP contribution in [0.2, 0.25) is 0 Å². The fraction of sp³-hybridized carbons (Fsp3) is 0.400. The van der Waals surface area contributed by atoms with Gasteiger partial charge in [0.15, 0.2) is 0 Å². The molecule has 1 rings (SSSR count). The molecule has 1 N–H and O–H groups in total. The summed E-state index contributed by atoms with van der Waals surface area (Å²) in [5, 5.41) is 2.96. The summed E-state index contributed by atoms with van der Waals surface area (Å²) >= 11 is 0. The van der Waals surface area contributed by atoms with Crippen LogP contribution in [0.15, 0.2) is 4.99 Å². The van der Waals surface area contributed by atoms with E-state index >= 15 is 0 Å². The van der Waals surface area contributed by atoms with Gasteiger partial charge in [-0.3, -0.25) is 0 Å². The Balaban J connectivity index is 3.10. The molecular formula is C5H10N2S. The first-order valence-electron chi connectivity index (χ1n) is 2.38. The van der Waals surface area contributed by atoms with Crippen LogP contribution in [0.5, 0.6) is 0 Å². The molecule has 0 aromatic carbocycles. The molecule has 0 atom stereocenters. The Kier molecular flexibility index (Phi) is 1.29. The van der Waals surface area contributed by atoms with Crippen molar-refractivity contribution < 1.29 is 0 Å².